The molecule has 4 heteroatoms. The minimum atomic E-state index is -0.841. The van der Waals surface area contributed by atoms with E-state index in [0.29, 0.717) is 0 Å². The van der Waals surface area contributed by atoms with Crippen molar-refractivity contribution in [2.45, 2.75) is 0 Å². The Labute approximate surface area is 62.3 Å². The fourth-order valence-corrected chi connectivity index (χ4v) is 1.15. The van der Waals surface area contributed by atoms with Crippen molar-refractivity contribution in [3.63, 3.8) is 0 Å². The van der Waals surface area contributed by atoms with Crippen LogP contribution in [0.3, 0.4) is 0 Å². The summed E-state index contributed by atoms with van der Waals surface area (Å²) in [7, 11) is 0. The van der Waals surface area contributed by atoms with E-state index in [1.807, 2.05) is 16.8 Å². The number of anilines is 1. The molecule has 0 fully saturated rings. The van der Waals surface area contributed by atoms with Crippen LogP contribution >= 0.6 is 11.3 Å². The molecule has 2 N–H and O–H groups in total. The second kappa shape index (κ2) is 3.22. The third kappa shape index (κ3) is 2.06. The molecule has 0 aliphatic rings. The number of carboxylic acid groups (broad SMARTS) is 1. The summed E-state index contributed by atoms with van der Waals surface area (Å²) in [4.78, 5) is 10.0. The minimum absolute atomic E-state index is 0.0171. The van der Waals surface area contributed by atoms with E-state index in [4.69, 9.17) is 5.11 Å². The molecular formula is C6H7NO2S. The summed E-state index contributed by atoms with van der Waals surface area (Å²) in [6.07, 6.45) is 0. The summed E-state index contributed by atoms with van der Waals surface area (Å²) >= 11 is 1.54. The third-order valence-corrected chi connectivity index (χ3v) is 1.65. The van der Waals surface area contributed by atoms with Crippen LogP contribution < -0.4 is 5.32 Å². The first-order valence-electron chi connectivity index (χ1n) is 2.77. The second-order valence-corrected chi connectivity index (χ2v) is 2.54. The first kappa shape index (κ1) is 7.08. The zero-order valence-corrected chi connectivity index (χ0v) is 6.02. The maximum absolute atomic E-state index is 10.0. The molecule has 0 saturated carbocycles. The topological polar surface area (TPSA) is 49.3 Å². The van der Waals surface area contributed by atoms with E-state index in [1.54, 1.807) is 0 Å². The molecule has 1 aromatic heterocycles. The molecule has 0 spiro atoms. The van der Waals surface area contributed by atoms with Gasteiger partial charge in [0.05, 0.1) is 0 Å². The second-order valence-electron chi connectivity index (χ2n) is 1.76. The van der Waals surface area contributed by atoms with E-state index in [1.165, 1.54) is 11.3 Å². The van der Waals surface area contributed by atoms with Crippen LogP contribution in [-0.2, 0) is 4.79 Å². The molecule has 10 heavy (non-hydrogen) atoms. The van der Waals surface area contributed by atoms with Crippen molar-refractivity contribution in [1.82, 2.24) is 0 Å². The Balaban J connectivity index is 2.35. The number of carboxylic acids is 1. The number of hydrogen-bond donors (Lipinski definition) is 2. The molecule has 54 valence electrons. The third-order valence-electron chi connectivity index (χ3n) is 0.965. The number of rotatable bonds is 3. The lowest BCUT2D eigenvalue weighted by molar-refractivity contribution is -0.134. The summed E-state index contributed by atoms with van der Waals surface area (Å²) in [5.74, 6) is -0.841. The van der Waals surface area contributed by atoms with Gasteiger partial charge >= 0.3 is 5.97 Å². The zero-order valence-electron chi connectivity index (χ0n) is 5.20. The van der Waals surface area contributed by atoms with Crippen LogP contribution in [0.25, 0.3) is 0 Å². The van der Waals surface area contributed by atoms with Gasteiger partial charge in [-0.2, -0.15) is 11.3 Å². The first-order valence-corrected chi connectivity index (χ1v) is 3.71. The van der Waals surface area contributed by atoms with E-state index >= 15 is 0 Å². The molecule has 0 amide bonds. The van der Waals surface area contributed by atoms with E-state index in [-0.39, 0.29) is 6.54 Å². The highest BCUT2D eigenvalue weighted by Crippen LogP contribution is 2.10. The predicted molar refractivity (Wildman–Crippen MR) is 40.4 cm³/mol. The van der Waals surface area contributed by atoms with E-state index in [9.17, 15) is 4.79 Å². The van der Waals surface area contributed by atoms with Gasteiger partial charge in [-0.3, -0.25) is 4.79 Å². The Hall–Kier alpha value is -1.03. The molecule has 0 aliphatic carbocycles. The quantitative estimate of drug-likeness (QED) is 0.694. The summed E-state index contributed by atoms with van der Waals surface area (Å²) < 4.78 is 0. The van der Waals surface area contributed by atoms with Gasteiger partial charge in [-0.1, -0.05) is 0 Å². The molecule has 0 unspecified atom stereocenters. The molecule has 1 heterocycles. The SMILES string of the molecule is O=C(O)CNc1ccsc1. The molecule has 1 aromatic rings. The van der Waals surface area contributed by atoms with Crippen LogP contribution in [-0.4, -0.2) is 17.6 Å². The van der Waals surface area contributed by atoms with Crippen LogP contribution in [0, 0.1) is 0 Å². The summed E-state index contributed by atoms with van der Waals surface area (Å²) in [5, 5.41) is 14.7. The van der Waals surface area contributed by atoms with Crippen LogP contribution in [0.1, 0.15) is 0 Å². The molecule has 0 atom stereocenters. The lowest BCUT2D eigenvalue weighted by Crippen LogP contribution is -2.11. The predicted octanol–water partition coefficient (Wildman–Crippen LogP) is 1.24. The zero-order chi connectivity index (χ0) is 7.40. The Bertz CT molecular complexity index is 208. The van der Waals surface area contributed by atoms with E-state index in [0.717, 1.165) is 5.69 Å². The van der Waals surface area contributed by atoms with Gasteiger partial charge in [0.2, 0.25) is 0 Å². The van der Waals surface area contributed by atoms with Crippen molar-refractivity contribution < 1.29 is 9.90 Å². The molecule has 1 rings (SSSR count). The average molecular weight is 157 g/mol. The van der Waals surface area contributed by atoms with Crippen molar-refractivity contribution in [1.29, 1.82) is 0 Å². The van der Waals surface area contributed by atoms with Gasteiger partial charge in [0.25, 0.3) is 0 Å². The molecule has 0 aromatic carbocycles. The van der Waals surface area contributed by atoms with Gasteiger partial charge < -0.3 is 10.4 Å². The van der Waals surface area contributed by atoms with Gasteiger partial charge in [0.15, 0.2) is 0 Å². The van der Waals surface area contributed by atoms with Gasteiger partial charge in [-0.15, -0.1) is 0 Å². The number of aliphatic carboxylic acids is 1. The van der Waals surface area contributed by atoms with Crippen LogP contribution in [0.5, 0.6) is 0 Å². The Kier molecular flexibility index (Phi) is 2.28. The summed E-state index contributed by atoms with van der Waals surface area (Å²) in [6.45, 7) is -0.0171. The van der Waals surface area contributed by atoms with E-state index in [2.05, 4.69) is 5.32 Å². The molecular weight excluding hydrogens is 150 g/mol. The van der Waals surface area contributed by atoms with Gasteiger partial charge in [0.1, 0.15) is 6.54 Å². The van der Waals surface area contributed by atoms with Crippen LogP contribution in [0.15, 0.2) is 16.8 Å². The van der Waals surface area contributed by atoms with Crippen LogP contribution in [0.4, 0.5) is 5.69 Å². The Morgan fingerprint density at radius 2 is 2.60 bits per heavy atom. The van der Waals surface area contributed by atoms with Crippen molar-refractivity contribution in [2.24, 2.45) is 0 Å². The smallest absolute Gasteiger partial charge is 0.322 e. The monoisotopic (exact) mass is 157 g/mol. The lowest BCUT2D eigenvalue weighted by atomic mass is 10.5. The number of hydrogen-bond acceptors (Lipinski definition) is 3. The Morgan fingerprint density at radius 1 is 1.80 bits per heavy atom. The fourth-order valence-electron chi connectivity index (χ4n) is 0.543. The van der Waals surface area contributed by atoms with Crippen molar-refractivity contribution in [3.05, 3.63) is 16.8 Å². The largest absolute Gasteiger partial charge is 0.480 e. The highest BCUT2D eigenvalue weighted by atomic mass is 32.1. The van der Waals surface area contributed by atoms with Gasteiger partial charge in [-0.25, -0.2) is 0 Å². The molecule has 3 nitrogen and oxygen atoms in total. The molecule has 0 bridgehead atoms. The fraction of sp³-hybridized carbons (Fsp3) is 0.167. The number of nitrogens with one attached hydrogen (secondary N) is 1. The van der Waals surface area contributed by atoms with Crippen molar-refractivity contribution >= 4 is 23.0 Å². The maximum atomic E-state index is 10.0. The van der Waals surface area contributed by atoms with Crippen molar-refractivity contribution in [3.8, 4) is 0 Å². The van der Waals surface area contributed by atoms with E-state index < -0.39 is 5.97 Å². The van der Waals surface area contributed by atoms with Crippen LogP contribution in [0.2, 0.25) is 0 Å². The van der Waals surface area contributed by atoms with Gasteiger partial charge in [0, 0.05) is 11.1 Å². The van der Waals surface area contributed by atoms with Crippen molar-refractivity contribution in [2.75, 3.05) is 11.9 Å². The molecule has 0 radical (unpaired) electrons. The molecule has 0 saturated heterocycles. The maximum Gasteiger partial charge on any atom is 0.322 e. The number of carbonyl (C=O) groups is 1. The van der Waals surface area contributed by atoms with Gasteiger partial charge in [-0.05, 0) is 11.4 Å². The standard InChI is InChI=1S/C6H7NO2S/c8-6(9)3-7-5-1-2-10-4-5/h1-2,4,7H,3H2,(H,8,9). The molecule has 0 aliphatic heterocycles. The summed E-state index contributed by atoms with van der Waals surface area (Å²) in [5.41, 5.74) is 0.868. The summed E-state index contributed by atoms with van der Waals surface area (Å²) in [6, 6.07) is 1.84. The Morgan fingerprint density at radius 3 is 3.10 bits per heavy atom. The highest BCUT2D eigenvalue weighted by Gasteiger charge is 1.95. The normalized spacial score (nSPS) is 9.20. The number of thiophene rings is 1. The minimum Gasteiger partial charge on any atom is -0.480 e. The average Bonchev–Trinajstić information content (AvgIpc) is 2.34. The highest BCUT2D eigenvalue weighted by molar-refractivity contribution is 7.08. The lowest BCUT2D eigenvalue weighted by Gasteiger charge is -1.96. The first-order chi connectivity index (χ1) is 4.79.